The summed E-state index contributed by atoms with van der Waals surface area (Å²) >= 11 is 0. The smallest absolute Gasteiger partial charge is 0.423 e. The molecule has 0 amide bonds. The summed E-state index contributed by atoms with van der Waals surface area (Å²) in [5, 5.41) is 38.8. The van der Waals surface area contributed by atoms with E-state index in [0.717, 1.165) is 22.3 Å². The number of hydrogen-bond acceptors (Lipinski definition) is 6. The molecular weight excluding hydrogens is 393 g/mol. The van der Waals surface area contributed by atoms with Gasteiger partial charge in [0.2, 0.25) is 0 Å². The van der Waals surface area contributed by atoms with Gasteiger partial charge in [-0.05, 0) is 58.0 Å². The highest BCUT2D eigenvalue weighted by Crippen LogP contribution is 2.31. The number of rotatable bonds is 7. The van der Waals surface area contributed by atoms with E-state index in [4.69, 9.17) is 5.73 Å². The summed E-state index contributed by atoms with van der Waals surface area (Å²) in [6.07, 6.45) is -1.38. The number of aliphatic hydroxyl groups excluding tert-OH is 2. The average Bonchev–Trinajstić information content (AvgIpc) is 2.78. The van der Waals surface area contributed by atoms with Crippen molar-refractivity contribution in [1.82, 2.24) is 0 Å². The van der Waals surface area contributed by atoms with E-state index in [1.807, 2.05) is 18.2 Å². The SMILES string of the molecule is CC(C)(CO)C(O)C(=O)c1cc(-c2ccc(N)cc2)cc(-c2ccc(B(O)O)cc2)c1. The van der Waals surface area contributed by atoms with Crippen molar-refractivity contribution >= 4 is 24.1 Å². The molecule has 0 fully saturated rings. The second-order valence-electron chi connectivity index (χ2n) is 8.33. The number of Topliss-reactive ketones (excluding diaryl/α,β-unsaturated/α-hetero) is 1. The lowest BCUT2D eigenvalue weighted by atomic mass is 9.79. The highest BCUT2D eigenvalue weighted by Gasteiger charge is 2.33. The fourth-order valence-electron chi connectivity index (χ4n) is 3.23. The minimum absolute atomic E-state index is 0.310. The van der Waals surface area contributed by atoms with Gasteiger partial charge < -0.3 is 26.0 Å². The van der Waals surface area contributed by atoms with Crippen LogP contribution in [-0.2, 0) is 0 Å². The van der Waals surface area contributed by atoms with Crippen LogP contribution in [0, 0.1) is 5.41 Å². The van der Waals surface area contributed by atoms with Crippen LogP contribution in [0.3, 0.4) is 0 Å². The van der Waals surface area contributed by atoms with Crippen molar-refractivity contribution in [3.63, 3.8) is 0 Å². The van der Waals surface area contributed by atoms with Crippen LogP contribution in [0.2, 0.25) is 0 Å². The predicted octanol–water partition coefficient (Wildman–Crippen LogP) is 1.84. The van der Waals surface area contributed by atoms with Gasteiger partial charge in [-0.15, -0.1) is 0 Å². The molecule has 0 saturated heterocycles. The first-order chi connectivity index (χ1) is 14.6. The Labute approximate surface area is 181 Å². The van der Waals surface area contributed by atoms with E-state index in [9.17, 15) is 25.1 Å². The lowest BCUT2D eigenvalue weighted by Crippen LogP contribution is -2.39. The third kappa shape index (κ3) is 5.03. The van der Waals surface area contributed by atoms with Crippen molar-refractivity contribution in [1.29, 1.82) is 0 Å². The first kappa shape index (κ1) is 22.7. The van der Waals surface area contributed by atoms with E-state index in [2.05, 4.69) is 0 Å². The van der Waals surface area contributed by atoms with Gasteiger partial charge in [0, 0.05) is 16.7 Å². The maximum Gasteiger partial charge on any atom is 0.488 e. The molecule has 0 heterocycles. The predicted molar refractivity (Wildman–Crippen MR) is 123 cm³/mol. The lowest BCUT2D eigenvalue weighted by Gasteiger charge is -2.27. The number of anilines is 1. The van der Waals surface area contributed by atoms with Gasteiger partial charge in [0.05, 0.1) is 6.61 Å². The molecule has 6 N–H and O–H groups in total. The molecule has 0 saturated carbocycles. The van der Waals surface area contributed by atoms with Crippen LogP contribution in [0.25, 0.3) is 22.3 Å². The van der Waals surface area contributed by atoms with Crippen molar-refractivity contribution in [2.75, 3.05) is 12.3 Å². The number of ketones is 1. The van der Waals surface area contributed by atoms with Crippen molar-refractivity contribution in [2.24, 2.45) is 5.41 Å². The second-order valence-corrected chi connectivity index (χ2v) is 8.33. The Morgan fingerprint density at radius 2 is 1.39 bits per heavy atom. The van der Waals surface area contributed by atoms with Gasteiger partial charge in [-0.25, -0.2) is 0 Å². The van der Waals surface area contributed by atoms with Crippen LogP contribution in [0.1, 0.15) is 24.2 Å². The maximum absolute atomic E-state index is 13.1. The number of benzene rings is 3. The molecule has 0 aliphatic heterocycles. The van der Waals surface area contributed by atoms with Crippen molar-refractivity contribution < 1.29 is 25.1 Å². The Balaban J connectivity index is 2.12. The van der Waals surface area contributed by atoms with Crippen LogP contribution in [0.4, 0.5) is 5.69 Å². The van der Waals surface area contributed by atoms with Crippen molar-refractivity contribution in [2.45, 2.75) is 20.0 Å². The summed E-state index contributed by atoms with van der Waals surface area (Å²) < 4.78 is 0. The number of carbonyl (C=O) groups is 1. The van der Waals surface area contributed by atoms with E-state index in [-0.39, 0.29) is 6.61 Å². The average molecular weight is 419 g/mol. The van der Waals surface area contributed by atoms with Gasteiger partial charge in [-0.3, -0.25) is 4.79 Å². The molecule has 0 aliphatic carbocycles. The topological polar surface area (TPSA) is 124 Å². The van der Waals surface area contributed by atoms with Gasteiger partial charge in [0.1, 0.15) is 6.10 Å². The second kappa shape index (κ2) is 9.04. The Morgan fingerprint density at radius 3 is 1.84 bits per heavy atom. The molecule has 0 aliphatic rings. The van der Waals surface area contributed by atoms with E-state index in [1.54, 1.807) is 62.4 Å². The largest absolute Gasteiger partial charge is 0.488 e. The van der Waals surface area contributed by atoms with E-state index < -0.39 is 24.4 Å². The Kier molecular flexibility index (Phi) is 6.62. The van der Waals surface area contributed by atoms with Gasteiger partial charge in [-0.1, -0.05) is 50.2 Å². The monoisotopic (exact) mass is 419 g/mol. The Bertz CT molecular complexity index is 1060. The standard InChI is InChI=1S/C24H26BNO5/c1-24(2,14-27)23(29)22(28)19-12-17(15-3-7-20(8-4-15)25(30)31)11-18(13-19)16-5-9-21(26)10-6-16/h3-13,23,27,29-31H,14,26H2,1-2H3. The minimum atomic E-state index is -1.57. The maximum atomic E-state index is 13.1. The molecule has 0 bridgehead atoms. The summed E-state index contributed by atoms with van der Waals surface area (Å²) in [5.74, 6) is -0.486. The number of nitrogen functional groups attached to an aromatic ring is 1. The zero-order valence-electron chi connectivity index (χ0n) is 17.5. The van der Waals surface area contributed by atoms with Crippen LogP contribution in [-0.4, -0.2) is 45.9 Å². The van der Waals surface area contributed by atoms with Gasteiger partial charge in [-0.2, -0.15) is 0 Å². The molecule has 31 heavy (non-hydrogen) atoms. The highest BCUT2D eigenvalue weighted by molar-refractivity contribution is 6.58. The van der Waals surface area contributed by atoms with Crippen LogP contribution in [0.5, 0.6) is 0 Å². The normalized spacial score (nSPS) is 12.5. The van der Waals surface area contributed by atoms with Crippen LogP contribution >= 0.6 is 0 Å². The molecule has 6 nitrogen and oxygen atoms in total. The third-order valence-corrected chi connectivity index (χ3v) is 5.40. The number of nitrogens with two attached hydrogens (primary N) is 1. The summed E-state index contributed by atoms with van der Waals surface area (Å²) in [6, 6.07) is 19.2. The zero-order chi connectivity index (χ0) is 22.8. The molecular formula is C24H26BNO5. The molecule has 7 heteroatoms. The first-order valence-electron chi connectivity index (χ1n) is 9.93. The molecule has 3 aromatic carbocycles. The molecule has 3 aromatic rings. The number of carbonyl (C=O) groups excluding carboxylic acids is 1. The fraction of sp³-hybridized carbons (Fsp3) is 0.208. The molecule has 0 aromatic heterocycles. The van der Waals surface area contributed by atoms with E-state index in [1.165, 1.54) is 0 Å². The molecule has 1 unspecified atom stereocenters. The van der Waals surface area contributed by atoms with Gasteiger partial charge in [0.15, 0.2) is 5.78 Å². The summed E-state index contributed by atoms with van der Waals surface area (Å²) in [7, 11) is -1.57. The molecule has 0 spiro atoms. The molecule has 0 radical (unpaired) electrons. The number of aliphatic hydroxyl groups is 2. The van der Waals surface area contributed by atoms with E-state index in [0.29, 0.717) is 16.7 Å². The highest BCUT2D eigenvalue weighted by atomic mass is 16.4. The Hall–Kier alpha value is -2.97. The molecule has 160 valence electrons. The van der Waals surface area contributed by atoms with Crippen molar-refractivity contribution in [3.05, 3.63) is 72.3 Å². The van der Waals surface area contributed by atoms with Gasteiger partial charge >= 0.3 is 7.12 Å². The lowest BCUT2D eigenvalue weighted by molar-refractivity contribution is 0.0129. The zero-order valence-corrected chi connectivity index (χ0v) is 17.5. The molecule has 1 atom stereocenters. The quantitative estimate of drug-likeness (QED) is 0.226. The fourth-order valence-corrected chi connectivity index (χ4v) is 3.23. The summed E-state index contributed by atoms with van der Waals surface area (Å²) in [4.78, 5) is 13.1. The first-order valence-corrected chi connectivity index (χ1v) is 9.93. The minimum Gasteiger partial charge on any atom is -0.423 e. The Morgan fingerprint density at radius 1 is 0.903 bits per heavy atom. The molecule has 3 rings (SSSR count). The van der Waals surface area contributed by atoms with Crippen LogP contribution < -0.4 is 11.2 Å². The van der Waals surface area contributed by atoms with Crippen LogP contribution in [0.15, 0.2) is 66.7 Å². The third-order valence-electron chi connectivity index (χ3n) is 5.40. The summed E-state index contributed by atoms with van der Waals surface area (Å²) in [5.41, 5.74) is 9.20. The van der Waals surface area contributed by atoms with Gasteiger partial charge in [0.25, 0.3) is 0 Å². The van der Waals surface area contributed by atoms with E-state index >= 15 is 0 Å². The number of hydrogen-bond donors (Lipinski definition) is 5. The summed E-state index contributed by atoms with van der Waals surface area (Å²) in [6.45, 7) is 2.91. The van der Waals surface area contributed by atoms with Crippen molar-refractivity contribution in [3.8, 4) is 22.3 Å².